The maximum Gasteiger partial charge on any atom is 0.232 e. The number of rotatable bonds is 6. The first-order valence-electron chi connectivity index (χ1n) is 10.9. The van der Waals surface area contributed by atoms with Crippen LogP contribution in [0, 0.1) is 0 Å². The molecule has 5 nitrogen and oxygen atoms in total. The number of carbonyl (C=O) groups excluding carboxylic acids is 2. The number of nitrogens with zero attached hydrogens (tertiary/aromatic N) is 3. The summed E-state index contributed by atoms with van der Waals surface area (Å²) < 4.78 is 1.20. The first-order valence-corrected chi connectivity index (χ1v) is 11.7. The van der Waals surface area contributed by atoms with E-state index in [4.69, 9.17) is 0 Å². The van der Waals surface area contributed by atoms with E-state index >= 15 is 0 Å². The number of hydrogen-bond acceptors (Lipinski definition) is 4. The van der Waals surface area contributed by atoms with Crippen molar-refractivity contribution < 1.29 is 9.59 Å². The summed E-state index contributed by atoms with van der Waals surface area (Å²) in [4.78, 5) is 34.2. The number of fused-ring (bicyclic) bond motifs is 1. The Balaban J connectivity index is 1.25. The van der Waals surface area contributed by atoms with Gasteiger partial charge >= 0.3 is 0 Å². The van der Waals surface area contributed by atoms with Gasteiger partial charge in [-0.15, -0.1) is 11.3 Å². The number of piperazine rings is 1. The largest absolute Gasteiger partial charge is 0.339 e. The van der Waals surface area contributed by atoms with E-state index in [1.165, 1.54) is 4.70 Å². The van der Waals surface area contributed by atoms with Crippen LogP contribution in [-0.4, -0.2) is 52.8 Å². The third-order valence-electron chi connectivity index (χ3n) is 6.07. The lowest BCUT2D eigenvalue weighted by Gasteiger charge is -2.38. The van der Waals surface area contributed by atoms with Crippen LogP contribution >= 0.6 is 11.3 Å². The normalized spacial score (nSPS) is 14.8. The predicted molar refractivity (Wildman–Crippen MR) is 125 cm³/mol. The van der Waals surface area contributed by atoms with E-state index in [-0.39, 0.29) is 11.8 Å². The molecule has 0 aliphatic carbocycles. The maximum absolute atomic E-state index is 13.1. The second-order valence-electron chi connectivity index (χ2n) is 8.59. The molecule has 1 fully saturated rings. The first kappa shape index (κ1) is 21.5. The minimum atomic E-state index is -0.565. The molecular weight excluding hydrogens is 406 g/mol. The molecule has 1 aliphatic heterocycles. The summed E-state index contributed by atoms with van der Waals surface area (Å²) >= 11 is 1.71. The molecule has 6 heteroatoms. The van der Waals surface area contributed by atoms with E-state index in [0.29, 0.717) is 32.6 Å². The summed E-state index contributed by atoms with van der Waals surface area (Å²) in [5, 5.41) is 1.09. The van der Waals surface area contributed by atoms with Crippen LogP contribution in [0.2, 0.25) is 0 Å². The Kier molecular flexibility index (Phi) is 6.37. The van der Waals surface area contributed by atoms with Crippen molar-refractivity contribution in [2.24, 2.45) is 0 Å². The lowest BCUT2D eigenvalue weighted by Crippen LogP contribution is -2.54. The SMILES string of the molecule is CC(C)(C(=O)N1CCN(C(=O)CCCc2nc3ccccc3s2)CC1)c1ccccc1. The number of hydrogen-bond donors (Lipinski definition) is 0. The molecule has 0 unspecified atom stereocenters. The Bertz CT molecular complexity index is 1020. The molecule has 3 aromatic rings. The molecule has 2 aromatic carbocycles. The molecule has 0 bridgehead atoms. The molecule has 4 rings (SSSR count). The molecule has 0 saturated carbocycles. The van der Waals surface area contributed by atoms with Crippen LogP contribution in [0.1, 0.15) is 37.3 Å². The molecule has 1 saturated heterocycles. The van der Waals surface area contributed by atoms with Gasteiger partial charge in [0, 0.05) is 32.6 Å². The molecule has 1 aromatic heterocycles. The van der Waals surface area contributed by atoms with Crippen molar-refractivity contribution in [2.45, 2.75) is 38.5 Å². The number of amides is 2. The van der Waals surface area contributed by atoms with Crippen LogP contribution in [-0.2, 0) is 21.4 Å². The number of thiazole rings is 1. The quantitative estimate of drug-likeness (QED) is 0.581. The molecule has 1 aliphatic rings. The Morgan fingerprint density at radius 2 is 1.58 bits per heavy atom. The summed E-state index contributed by atoms with van der Waals surface area (Å²) in [7, 11) is 0. The second kappa shape index (κ2) is 9.18. The minimum absolute atomic E-state index is 0.127. The molecule has 0 spiro atoms. The summed E-state index contributed by atoms with van der Waals surface area (Å²) in [6, 6.07) is 18.0. The lowest BCUT2D eigenvalue weighted by molar-refractivity contribution is -0.142. The van der Waals surface area contributed by atoms with Crippen molar-refractivity contribution in [3.8, 4) is 0 Å². The van der Waals surface area contributed by atoms with Gasteiger partial charge in [0.1, 0.15) is 0 Å². The van der Waals surface area contributed by atoms with E-state index in [9.17, 15) is 9.59 Å². The van der Waals surface area contributed by atoms with Gasteiger partial charge in [-0.25, -0.2) is 4.98 Å². The van der Waals surface area contributed by atoms with E-state index in [0.717, 1.165) is 28.9 Å². The Morgan fingerprint density at radius 1 is 0.935 bits per heavy atom. The summed E-state index contributed by atoms with van der Waals surface area (Å²) in [6.45, 7) is 6.36. The van der Waals surface area contributed by atoms with Crippen LogP contribution in [0.5, 0.6) is 0 Å². The highest BCUT2D eigenvalue weighted by Gasteiger charge is 2.35. The van der Waals surface area contributed by atoms with Gasteiger partial charge in [0.15, 0.2) is 0 Å². The van der Waals surface area contributed by atoms with Gasteiger partial charge in [0.05, 0.1) is 20.6 Å². The summed E-state index contributed by atoms with van der Waals surface area (Å²) in [6.07, 6.45) is 2.16. The third kappa shape index (κ3) is 4.79. The van der Waals surface area contributed by atoms with Crippen LogP contribution in [0.25, 0.3) is 10.2 Å². The van der Waals surface area contributed by atoms with E-state index in [2.05, 4.69) is 11.1 Å². The number of aromatic nitrogens is 1. The summed E-state index contributed by atoms with van der Waals surface area (Å²) in [5.41, 5.74) is 1.49. The Morgan fingerprint density at radius 3 is 2.29 bits per heavy atom. The van der Waals surface area contributed by atoms with Gasteiger partial charge in [-0.2, -0.15) is 0 Å². The van der Waals surface area contributed by atoms with Crippen molar-refractivity contribution >= 4 is 33.4 Å². The highest BCUT2D eigenvalue weighted by Crippen LogP contribution is 2.26. The molecule has 0 N–H and O–H groups in total. The highest BCUT2D eigenvalue weighted by molar-refractivity contribution is 7.18. The minimum Gasteiger partial charge on any atom is -0.339 e. The average Bonchev–Trinajstić information content (AvgIpc) is 3.22. The van der Waals surface area contributed by atoms with Gasteiger partial charge in [-0.3, -0.25) is 9.59 Å². The molecule has 162 valence electrons. The van der Waals surface area contributed by atoms with Crippen molar-refractivity contribution in [3.63, 3.8) is 0 Å². The van der Waals surface area contributed by atoms with Crippen LogP contribution in [0.4, 0.5) is 0 Å². The Hall–Kier alpha value is -2.73. The topological polar surface area (TPSA) is 53.5 Å². The standard InChI is InChI=1S/C25H29N3O2S/c1-25(2,19-9-4-3-5-10-19)24(30)28-17-15-27(16-18-28)23(29)14-8-13-22-26-20-11-6-7-12-21(20)31-22/h3-7,9-12H,8,13-18H2,1-2H3. The van der Waals surface area contributed by atoms with Gasteiger partial charge in [-0.1, -0.05) is 42.5 Å². The molecule has 2 heterocycles. The average molecular weight is 436 g/mol. The molecule has 0 atom stereocenters. The van der Waals surface area contributed by atoms with Crippen molar-refractivity contribution in [2.75, 3.05) is 26.2 Å². The molecular formula is C25H29N3O2S. The maximum atomic E-state index is 13.1. The zero-order valence-electron chi connectivity index (χ0n) is 18.2. The number of carbonyl (C=O) groups is 2. The van der Waals surface area contributed by atoms with Crippen molar-refractivity contribution in [1.29, 1.82) is 0 Å². The smallest absolute Gasteiger partial charge is 0.232 e. The fraction of sp³-hybridized carbons (Fsp3) is 0.400. The predicted octanol–water partition coefficient (Wildman–Crippen LogP) is 4.27. The van der Waals surface area contributed by atoms with Gasteiger partial charge in [0.25, 0.3) is 0 Å². The van der Waals surface area contributed by atoms with Gasteiger partial charge in [-0.05, 0) is 44.4 Å². The van der Waals surface area contributed by atoms with Crippen LogP contribution in [0.3, 0.4) is 0 Å². The monoisotopic (exact) mass is 435 g/mol. The molecule has 0 radical (unpaired) electrons. The number of benzene rings is 2. The fourth-order valence-corrected chi connectivity index (χ4v) is 5.12. The lowest BCUT2D eigenvalue weighted by atomic mass is 9.83. The zero-order chi connectivity index (χ0) is 21.8. The first-order chi connectivity index (χ1) is 14.9. The van der Waals surface area contributed by atoms with Crippen LogP contribution < -0.4 is 0 Å². The third-order valence-corrected chi connectivity index (χ3v) is 7.17. The van der Waals surface area contributed by atoms with E-state index in [1.54, 1.807) is 11.3 Å². The fourth-order valence-electron chi connectivity index (χ4n) is 4.11. The second-order valence-corrected chi connectivity index (χ2v) is 9.71. The van der Waals surface area contributed by atoms with Crippen LogP contribution in [0.15, 0.2) is 54.6 Å². The van der Waals surface area contributed by atoms with Gasteiger partial charge in [0.2, 0.25) is 11.8 Å². The van der Waals surface area contributed by atoms with E-state index in [1.807, 2.05) is 72.2 Å². The number of para-hydroxylation sites is 1. The Labute approximate surface area is 187 Å². The van der Waals surface area contributed by atoms with Crippen molar-refractivity contribution in [1.82, 2.24) is 14.8 Å². The van der Waals surface area contributed by atoms with E-state index < -0.39 is 5.41 Å². The molecule has 2 amide bonds. The highest BCUT2D eigenvalue weighted by atomic mass is 32.1. The zero-order valence-corrected chi connectivity index (χ0v) is 19.0. The molecule has 31 heavy (non-hydrogen) atoms. The van der Waals surface area contributed by atoms with Crippen molar-refractivity contribution in [3.05, 3.63) is 65.2 Å². The summed E-state index contributed by atoms with van der Waals surface area (Å²) in [5.74, 6) is 0.303. The van der Waals surface area contributed by atoms with Gasteiger partial charge < -0.3 is 9.80 Å². The number of aryl methyl sites for hydroxylation is 1.